The van der Waals surface area contributed by atoms with E-state index in [2.05, 4.69) is 27.0 Å². The lowest BCUT2D eigenvalue weighted by molar-refractivity contribution is -0.120. The van der Waals surface area contributed by atoms with Crippen molar-refractivity contribution in [3.8, 4) is 0 Å². The van der Waals surface area contributed by atoms with Crippen LogP contribution in [0.25, 0.3) is 0 Å². The zero-order chi connectivity index (χ0) is 16.8. The highest BCUT2D eigenvalue weighted by atomic mass is 32.1. The molecule has 1 aliphatic heterocycles. The lowest BCUT2D eigenvalue weighted by Gasteiger charge is -2.34. The van der Waals surface area contributed by atoms with E-state index >= 15 is 0 Å². The van der Waals surface area contributed by atoms with E-state index in [0.717, 1.165) is 31.9 Å². The van der Waals surface area contributed by atoms with Crippen molar-refractivity contribution in [2.45, 2.75) is 12.5 Å². The summed E-state index contributed by atoms with van der Waals surface area (Å²) >= 11 is 1.66. The fourth-order valence-corrected chi connectivity index (χ4v) is 3.58. The van der Waals surface area contributed by atoms with Gasteiger partial charge in [-0.15, -0.1) is 0 Å². The number of nitrogens with zero attached hydrogens (tertiary/aromatic N) is 1. The molecule has 6 heteroatoms. The number of rotatable bonds is 6. The second-order valence-electron chi connectivity index (χ2n) is 5.83. The van der Waals surface area contributed by atoms with E-state index in [1.165, 1.54) is 17.7 Å². The van der Waals surface area contributed by atoms with Crippen molar-refractivity contribution in [2.24, 2.45) is 0 Å². The molecule has 1 atom stereocenters. The summed E-state index contributed by atoms with van der Waals surface area (Å²) in [7, 11) is 0. The molecule has 2 heterocycles. The van der Waals surface area contributed by atoms with E-state index in [1.807, 2.05) is 0 Å². The van der Waals surface area contributed by atoms with Gasteiger partial charge in [0, 0.05) is 19.6 Å². The molecule has 1 aromatic heterocycles. The number of thiophene rings is 1. The molecule has 0 spiro atoms. The Balaban J connectivity index is 1.58. The van der Waals surface area contributed by atoms with E-state index in [1.54, 1.807) is 23.5 Å². The predicted octanol–water partition coefficient (Wildman–Crippen LogP) is 2.62. The zero-order valence-electron chi connectivity index (χ0n) is 13.4. The highest BCUT2D eigenvalue weighted by molar-refractivity contribution is 7.07. The van der Waals surface area contributed by atoms with Gasteiger partial charge in [-0.2, -0.15) is 11.3 Å². The number of halogens is 1. The molecule has 0 unspecified atom stereocenters. The fraction of sp³-hybridized carbons (Fsp3) is 0.389. The first kappa shape index (κ1) is 17.1. The van der Waals surface area contributed by atoms with Gasteiger partial charge in [0.1, 0.15) is 5.82 Å². The molecule has 0 radical (unpaired) electrons. The third-order valence-corrected chi connectivity index (χ3v) is 4.89. The number of hydrogen-bond donors (Lipinski definition) is 1. The van der Waals surface area contributed by atoms with Crippen molar-refractivity contribution in [1.82, 2.24) is 10.2 Å². The smallest absolute Gasteiger partial charge is 0.224 e. The van der Waals surface area contributed by atoms with Gasteiger partial charge in [-0.1, -0.05) is 12.1 Å². The number of amides is 1. The lowest BCUT2D eigenvalue weighted by atomic mass is 10.1. The standard InChI is InChI=1S/C18H21FN2O2S/c19-16-3-1-14(2-4-16)11-18(22)20-12-17(15-5-10-24-13-15)21-6-8-23-9-7-21/h1-5,10,13,17H,6-9,11-12H2,(H,20,22)/t17-/m1/s1. The van der Waals surface area contributed by atoms with E-state index in [0.29, 0.717) is 6.54 Å². The number of morpholine rings is 1. The molecule has 0 aliphatic carbocycles. The zero-order valence-corrected chi connectivity index (χ0v) is 14.2. The summed E-state index contributed by atoms with van der Waals surface area (Å²) in [5.74, 6) is -0.334. The SMILES string of the molecule is O=C(Cc1ccc(F)cc1)NC[C@H](c1ccsc1)N1CCOCC1. The maximum atomic E-state index is 12.9. The first-order valence-corrected chi connectivity index (χ1v) is 9.01. The molecule has 128 valence electrons. The number of nitrogens with one attached hydrogen (secondary N) is 1. The Morgan fingerprint density at radius 1 is 1.25 bits per heavy atom. The largest absolute Gasteiger partial charge is 0.379 e. The van der Waals surface area contributed by atoms with Crippen molar-refractivity contribution in [3.05, 3.63) is 58.0 Å². The Bertz CT molecular complexity index is 640. The Morgan fingerprint density at radius 3 is 2.67 bits per heavy atom. The number of benzene rings is 1. The summed E-state index contributed by atoms with van der Waals surface area (Å²) in [5.41, 5.74) is 2.04. The average Bonchev–Trinajstić information content (AvgIpc) is 3.12. The van der Waals surface area contributed by atoms with Gasteiger partial charge in [0.25, 0.3) is 0 Å². The predicted molar refractivity (Wildman–Crippen MR) is 92.6 cm³/mol. The second-order valence-corrected chi connectivity index (χ2v) is 6.61. The van der Waals surface area contributed by atoms with Crippen molar-refractivity contribution in [3.63, 3.8) is 0 Å². The Morgan fingerprint density at radius 2 is 2.00 bits per heavy atom. The summed E-state index contributed by atoms with van der Waals surface area (Å²) in [4.78, 5) is 14.6. The molecule has 1 saturated heterocycles. The van der Waals surface area contributed by atoms with Crippen LogP contribution >= 0.6 is 11.3 Å². The number of hydrogen-bond acceptors (Lipinski definition) is 4. The normalized spacial score (nSPS) is 16.7. The van der Waals surface area contributed by atoms with Crippen LogP contribution in [-0.4, -0.2) is 43.7 Å². The maximum absolute atomic E-state index is 12.9. The molecule has 24 heavy (non-hydrogen) atoms. The van der Waals surface area contributed by atoms with E-state index in [9.17, 15) is 9.18 Å². The van der Waals surface area contributed by atoms with Crippen molar-refractivity contribution in [2.75, 3.05) is 32.8 Å². The van der Waals surface area contributed by atoms with Crippen LogP contribution in [0.4, 0.5) is 4.39 Å². The van der Waals surface area contributed by atoms with Crippen molar-refractivity contribution >= 4 is 17.2 Å². The van der Waals surface area contributed by atoms with Crippen LogP contribution in [0.3, 0.4) is 0 Å². The fourth-order valence-electron chi connectivity index (χ4n) is 2.87. The van der Waals surface area contributed by atoms with Gasteiger partial charge in [-0.05, 0) is 40.1 Å². The van der Waals surface area contributed by atoms with Gasteiger partial charge in [0.2, 0.25) is 5.91 Å². The van der Waals surface area contributed by atoms with Crippen LogP contribution in [0.15, 0.2) is 41.1 Å². The molecule has 1 N–H and O–H groups in total. The molecule has 1 aliphatic rings. The molecular formula is C18H21FN2O2S. The van der Waals surface area contributed by atoms with Crippen LogP contribution in [0, 0.1) is 5.82 Å². The van der Waals surface area contributed by atoms with Crippen molar-refractivity contribution < 1.29 is 13.9 Å². The number of carbonyl (C=O) groups excluding carboxylic acids is 1. The summed E-state index contributed by atoms with van der Waals surface area (Å²) in [6.45, 7) is 3.76. The molecule has 1 amide bonds. The van der Waals surface area contributed by atoms with Crippen LogP contribution < -0.4 is 5.32 Å². The minimum atomic E-state index is -0.288. The molecule has 1 fully saturated rings. The first-order chi connectivity index (χ1) is 11.7. The van der Waals surface area contributed by atoms with Crippen LogP contribution in [-0.2, 0) is 16.0 Å². The summed E-state index contributed by atoms with van der Waals surface area (Å²) in [6, 6.07) is 8.32. The number of carbonyl (C=O) groups is 1. The Hall–Kier alpha value is -1.76. The van der Waals surface area contributed by atoms with Crippen LogP contribution in [0.1, 0.15) is 17.2 Å². The van der Waals surface area contributed by atoms with Gasteiger partial charge in [-0.25, -0.2) is 4.39 Å². The monoisotopic (exact) mass is 348 g/mol. The van der Waals surface area contributed by atoms with Gasteiger partial charge in [0.05, 0.1) is 25.7 Å². The lowest BCUT2D eigenvalue weighted by Crippen LogP contribution is -2.43. The molecule has 2 aromatic rings. The highest BCUT2D eigenvalue weighted by Gasteiger charge is 2.23. The van der Waals surface area contributed by atoms with E-state index in [4.69, 9.17) is 4.74 Å². The quantitative estimate of drug-likeness (QED) is 0.873. The van der Waals surface area contributed by atoms with Crippen LogP contribution in [0.5, 0.6) is 0 Å². The third-order valence-electron chi connectivity index (χ3n) is 4.18. The molecule has 1 aromatic carbocycles. The van der Waals surface area contributed by atoms with Gasteiger partial charge < -0.3 is 10.1 Å². The second kappa shape index (κ2) is 8.37. The summed E-state index contributed by atoms with van der Waals surface area (Å²) < 4.78 is 18.4. The third kappa shape index (κ3) is 4.63. The minimum Gasteiger partial charge on any atom is -0.379 e. The minimum absolute atomic E-state index is 0.0462. The first-order valence-electron chi connectivity index (χ1n) is 8.07. The van der Waals surface area contributed by atoms with Gasteiger partial charge in [0.15, 0.2) is 0 Å². The summed E-state index contributed by atoms with van der Waals surface area (Å²) in [6.07, 6.45) is 0.264. The Kier molecular flexibility index (Phi) is 5.96. The Labute approximate surface area is 145 Å². The molecule has 4 nitrogen and oxygen atoms in total. The topological polar surface area (TPSA) is 41.6 Å². The molecule has 0 bridgehead atoms. The maximum Gasteiger partial charge on any atom is 0.224 e. The van der Waals surface area contributed by atoms with Gasteiger partial charge in [-0.3, -0.25) is 9.69 Å². The van der Waals surface area contributed by atoms with E-state index < -0.39 is 0 Å². The molecular weight excluding hydrogens is 327 g/mol. The van der Waals surface area contributed by atoms with Crippen molar-refractivity contribution in [1.29, 1.82) is 0 Å². The average molecular weight is 348 g/mol. The highest BCUT2D eigenvalue weighted by Crippen LogP contribution is 2.23. The van der Waals surface area contributed by atoms with Gasteiger partial charge >= 0.3 is 0 Å². The van der Waals surface area contributed by atoms with Crippen LogP contribution in [0.2, 0.25) is 0 Å². The number of ether oxygens (including phenoxy) is 1. The molecule has 0 saturated carbocycles. The summed E-state index contributed by atoms with van der Waals surface area (Å²) in [5, 5.41) is 7.21. The van der Waals surface area contributed by atoms with E-state index in [-0.39, 0.29) is 24.2 Å². The molecule has 3 rings (SSSR count).